The predicted octanol–water partition coefficient (Wildman–Crippen LogP) is 1.97. The van der Waals surface area contributed by atoms with Crippen molar-refractivity contribution in [3.8, 4) is 5.75 Å². The minimum atomic E-state index is -0.800. The van der Waals surface area contributed by atoms with Crippen molar-refractivity contribution in [2.24, 2.45) is 5.92 Å². The molecule has 2 aromatic carbocycles. The Kier molecular flexibility index (Phi) is 5.85. The van der Waals surface area contributed by atoms with E-state index in [0.717, 1.165) is 19.4 Å². The van der Waals surface area contributed by atoms with E-state index in [1.54, 1.807) is 12.1 Å². The zero-order valence-electron chi connectivity index (χ0n) is 18.1. The molecule has 2 N–H and O–H groups in total. The minimum Gasteiger partial charge on any atom is -0.490 e. The van der Waals surface area contributed by atoms with Crippen molar-refractivity contribution >= 4 is 11.8 Å². The standard InChI is InChI=1S/C25H29N3O4/c29-23-20-10-4-5-11-22(20)32-17-25(27-23)16-28(14-18-7-2-1-3-8-18)15-21(25)24(30)26-13-19-9-6-12-31-19/h1-5,7-8,10-11,19,21H,6,9,12-17H2,(H,26,30)(H,27,29)/t19?,21-,25-/m0/s1. The molecule has 2 aromatic rings. The van der Waals surface area contributed by atoms with Crippen LogP contribution >= 0.6 is 0 Å². The number of fused-ring (bicyclic) bond motifs is 1. The van der Waals surface area contributed by atoms with Crippen molar-refractivity contribution in [1.82, 2.24) is 15.5 Å². The summed E-state index contributed by atoms with van der Waals surface area (Å²) in [6.07, 6.45) is 2.06. The van der Waals surface area contributed by atoms with Gasteiger partial charge in [-0.05, 0) is 30.5 Å². The molecular weight excluding hydrogens is 406 g/mol. The Bertz CT molecular complexity index is 976. The molecule has 0 aliphatic carbocycles. The first-order valence-electron chi connectivity index (χ1n) is 11.3. The fourth-order valence-electron chi connectivity index (χ4n) is 5.03. The van der Waals surface area contributed by atoms with Crippen LogP contribution in [-0.4, -0.2) is 61.2 Å². The third kappa shape index (κ3) is 4.23. The van der Waals surface area contributed by atoms with Gasteiger partial charge in [-0.1, -0.05) is 42.5 Å². The first-order valence-corrected chi connectivity index (χ1v) is 11.3. The van der Waals surface area contributed by atoms with E-state index < -0.39 is 11.5 Å². The molecule has 7 nitrogen and oxygen atoms in total. The van der Waals surface area contributed by atoms with Crippen molar-refractivity contribution < 1.29 is 19.1 Å². The topological polar surface area (TPSA) is 79.9 Å². The predicted molar refractivity (Wildman–Crippen MR) is 119 cm³/mol. The van der Waals surface area contributed by atoms with E-state index in [9.17, 15) is 9.59 Å². The van der Waals surface area contributed by atoms with Gasteiger partial charge in [-0.25, -0.2) is 0 Å². The molecule has 1 spiro atoms. The van der Waals surface area contributed by atoms with Crippen LogP contribution in [0.5, 0.6) is 5.75 Å². The largest absolute Gasteiger partial charge is 0.490 e. The van der Waals surface area contributed by atoms with Gasteiger partial charge in [0.15, 0.2) is 0 Å². The van der Waals surface area contributed by atoms with Gasteiger partial charge in [0.2, 0.25) is 5.91 Å². The Morgan fingerprint density at radius 3 is 2.78 bits per heavy atom. The zero-order chi connectivity index (χ0) is 22.0. The molecule has 7 heteroatoms. The van der Waals surface area contributed by atoms with E-state index in [4.69, 9.17) is 9.47 Å². The summed E-state index contributed by atoms with van der Waals surface area (Å²) in [5.41, 5.74) is 0.877. The summed E-state index contributed by atoms with van der Waals surface area (Å²) in [5, 5.41) is 6.27. The number of carbonyl (C=O) groups is 2. The van der Waals surface area contributed by atoms with Crippen LogP contribution in [0.15, 0.2) is 54.6 Å². The van der Waals surface area contributed by atoms with Crippen LogP contribution in [0.4, 0.5) is 0 Å². The Hall–Kier alpha value is -2.90. The summed E-state index contributed by atoms with van der Waals surface area (Å²) in [6, 6.07) is 17.4. The van der Waals surface area contributed by atoms with E-state index in [2.05, 4.69) is 27.7 Å². The molecule has 168 valence electrons. The summed E-state index contributed by atoms with van der Waals surface area (Å²) in [5.74, 6) is -0.129. The molecule has 1 unspecified atom stereocenters. The second-order valence-electron chi connectivity index (χ2n) is 8.98. The highest BCUT2D eigenvalue weighted by molar-refractivity contribution is 5.98. The van der Waals surface area contributed by atoms with Gasteiger partial charge >= 0.3 is 0 Å². The quantitative estimate of drug-likeness (QED) is 0.751. The van der Waals surface area contributed by atoms with Gasteiger partial charge in [-0.15, -0.1) is 0 Å². The number of hydrogen-bond donors (Lipinski definition) is 2. The van der Waals surface area contributed by atoms with Gasteiger partial charge in [0, 0.05) is 32.8 Å². The number of nitrogens with one attached hydrogen (secondary N) is 2. The maximum Gasteiger partial charge on any atom is 0.255 e. The molecule has 3 heterocycles. The van der Waals surface area contributed by atoms with Crippen molar-refractivity contribution in [3.63, 3.8) is 0 Å². The lowest BCUT2D eigenvalue weighted by Gasteiger charge is -2.33. The van der Waals surface area contributed by atoms with Crippen LogP contribution < -0.4 is 15.4 Å². The fourth-order valence-corrected chi connectivity index (χ4v) is 5.03. The molecule has 3 atom stereocenters. The number of para-hydroxylation sites is 1. The average Bonchev–Trinajstić information content (AvgIpc) is 3.42. The Morgan fingerprint density at radius 1 is 1.16 bits per heavy atom. The number of carbonyl (C=O) groups excluding carboxylic acids is 2. The number of nitrogens with zero attached hydrogens (tertiary/aromatic N) is 1. The third-order valence-electron chi connectivity index (χ3n) is 6.69. The number of ether oxygens (including phenoxy) is 2. The van der Waals surface area contributed by atoms with E-state index in [1.165, 1.54) is 5.56 Å². The lowest BCUT2D eigenvalue weighted by molar-refractivity contribution is -0.127. The molecule has 5 rings (SSSR count). The molecule has 0 aromatic heterocycles. The summed E-state index contributed by atoms with van der Waals surface area (Å²) in [4.78, 5) is 28.7. The average molecular weight is 436 g/mol. The lowest BCUT2D eigenvalue weighted by atomic mass is 9.86. The molecule has 2 fully saturated rings. The normalized spacial score (nSPS) is 27.4. The lowest BCUT2D eigenvalue weighted by Crippen LogP contribution is -2.60. The van der Waals surface area contributed by atoms with Crippen LogP contribution in [0, 0.1) is 5.92 Å². The number of likely N-dealkylation sites (tertiary alicyclic amines) is 1. The van der Waals surface area contributed by atoms with Crippen molar-refractivity contribution in [2.45, 2.75) is 31.0 Å². The molecule has 3 aliphatic heterocycles. The molecule has 2 saturated heterocycles. The zero-order valence-corrected chi connectivity index (χ0v) is 18.1. The summed E-state index contributed by atoms with van der Waals surface area (Å²) < 4.78 is 11.8. The van der Waals surface area contributed by atoms with Crippen molar-refractivity contribution in [1.29, 1.82) is 0 Å². The number of rotatable bonds is 5. The Balaban J connectivity index is 1.38. The van der Waals surface area contributed by atoms with E-state index in [1.807, 2.05) is 30.3 Å². The highest BCUT2D eigenvalue weighted by Gasteiger charge is 2.53. The molecule has 3 aliphatic rings. The first kappa shape index (κ1) is 21.0. The number of hydrogen-bond acceptors (Lipinski definition) is 5. The Morgan fingerprint density at radius 2 is 1.97 bits per heavy atom. The van der Waals surface area contributed by atoms with E-state index in [-0.39, 0.29) is 24.5 Å². The van der Waals surface area contributed by atoms with E-state index in [0.29, 0.717) is 37.5 Å². The molecule has 0 radical (unpaired) electrons. The highest BCUT2D eigenvalue weighted by atomic mass is 16.5. The van der Waals surface area contributed by atoms with Crippen LogP contribution in [0.1, 0.15) is 28.8 Å². The maximum atomic E-state index is 13.4. The van der Waals surface area contributed by atoms with Crippen molar-refractivity contribution in [2.75, 3.05) is 32.8 Å². The van der Waals surface area contributed by atoms with Gasteiger partial charge in [0.25, 0.3) is 5.91 Å². The molecule has 0 bridgehead atoms. The fraction of sp³-hybridized carbons (Fsp3) is 0.440. The second kappa shape index (κ2) is 8.92. The van der Waals surface area contributed by atoms with E-state index >= 15 is 0 Å². The van der Waals surface area contributed by atoms with Crippen LogP contribution in [0.25, 0.3) is 0 Å². The molecule has 0 saturated carbocycles. The second-order valence-corrected chi connectivity index (χ2v) is 8.98. The van der Waals surface area contributed by atoms with Crippen molar-refractivity contribution in [3.05, 3.63) is 65.7 Å². The van der Waals surface area contributed by atoms with Gasteiger partial charge in [-0.2, -0.15) is 0 Å². The SMILES string of the molecule is O=C1N[C@]2(COc3ccccc31)CN(Cc1ccccc1)C[C@H]2C(=O)NCC1CCCO1. The van der Waals surface area contributed by atoms with Gasteiger partial charge in [-0.3, -0.25) is 14.5 Å². The maximum absolute atomic E-state index is 13.4. The monoisotopic (exact) mass is 435 g/mol. The number of amides is 2. The Labute approximate surface area is 188 Å². The first-order chi connectivity index (χ1) is 15.6. The van der Waals surface area contributed by atoms with Gasteiger partial charge < -0.3 is 20.1 Å². The number of benzene rings is 2. The highest BCUT2D eigenvalue weighted by Crippen LogP contribution is 2.34. The molecule has 32 heavy (non-hydrogen) atoms. The van der Waals surface area contributed by atoms with Gasteiger partial charge in [0.1, 0.15) is 12.4 Å². The summed E-state index contributed by atoms with van der Waals surface area (Å²) in [7, 11) is 0. The molecular formula is C25H29N3O4. The molecule has 2 amide bonds. The van der Waals surface area contributed by atoms with Crippen LogP contribution in [0.3, 0.4) is 0 Å². The smallest absolute Gasteiger partial charge is 0.255 e. The van der Waals surface area contributed by atoms with Crippen LogP contribution in [-0.2, 0) is 16.1 Å². The van der Waals surface area contributed by atoms with Crippen LogP contribution in [0.2, 0.25) is 0 Å². The third-order valence-corrected chi connectivity index (χ3v) is 6.69. The minimum absolute atomic E-state index is 0.0640. The summed E-state index contributed by atoms with van der Waals surface area (Å²) >= 11 is 0. The summed E-state index contributed by atoms with van der Waals surface area (Å²) in [6.45, 7) is 3.30. The van der Waals surface area contributed by atoms with Gasteiger partial charge in [0.05, 0.1) is 23.1 Å².